The highest BCUT2D eigenvalue weighted by atomic mass is 19.1. The van der Waals surface area contributed by atoms with Crippen molar-refractivity contribution in [3.05, 3.63) is 0 Å². The van der Waals surface area contributed by atoms with E-state index in [1.807, 2.05) is 0 Å². The van der Waals surface area contributed by atoms with Crippen LogP contribution < -0.4 is 0 Å². The molecular weight excluding hydrogens is 95.1 g/mol. The third-order valence-corrected chi connectivity index (χ3v) is 1.42. The van der Waals surface area contributed by atoms with Gasteiger partial charge in [-0.25, -0.2) is 4.39 Å². The molecule has 0 saturated heterocycles. The van der Waals surface area contributed by atoms with Crippen LogP contribution >= 0.6 is 0 Å². The van der Waals surface area contributed by atoms with Crippen LogP contribution in [0, 0.1) is 5.92 Å². The van der Waals surface area contributed by atoms with Gasteiger partial charge in [0.05, 0.1) is 0 Å². The summed E-state index contributed by atoms with van der Waals surface area (Å²) in [5.74, 6) is -0.264. The number of hydrogen-bond acceptors (Lipinski definition) is 1. The number of alkyl halides is 1. The van der Waals surface area contributed by atoms with Gasteiger partial charge in [0.25, 0.3) is 0 Å². The van der Waals surface area contributed by atoms with Crippen LogP contribution in [0.25, 0.3) is 0 Å². The molecule has 0 aliphatic heterocycles. The zero-order valence-corrected chi connectivity index (χ0v) is 3.93. The average Bonchev–Trinajstić information content (AvgIpc) is 1.65. The van der Waals surface area contributed by atoms with Gasteiger partial charge in [-0.1, -0.05) is 0 Å². The molecule has 0 N–H and O–H groups in total. The fourth-order valence-electron chi connectivity index (χ4n) is 0.638. The quantitative estimate of drug-likeness (QED) is 0.450. The van der Waals surface area contributed by atoms with Crippen LogP contribution in [0.2, 0.25) is 0 Å². The lowest BCUT2D eigenvalue weighted by molar-refractivity contribution is -0.116. The Labute approximate surface area is 41.5 Å². The van der Waals surface area contributed by atoms with Crippen LogP contribution in [0.4, 0.5) is 4.39 Å². The van der Waals surface area contributed by atoms with Gasteiger partial charge in [-0.2, -0.15) is 0 Å². The fraction of sp³-hybridized carbons (Fsp3) is 0.800. The van der Waals surface area contributed by atoms with Crippen LogP contribution in [0.15, 0.2) is 0 Å². The predicted octanol–water partition coefficient (Wildman–Crippen LogP) is 0.933. The molecule has 0 bridgehead atoms. The molecule has 2 atom stereocenters. The van der Waals surface area contributed by atoms with Crippen LogP contribution in [0.1, 0.15) is 12.8 Å². The van der Waals surface area contributed by atoms with Crippen LogP contribution in [-0.2, 0) is 4.79 Å². The van der Waals surface area contributed by atoms with E-state index >= 15 is 0 Å². The maximum Gasteiger partial charge on any atom is 0.125 e. The second kappa shape index (κ2) is 1.60. The number of halogens is 1. The van der Waals surface area contributed by atoms with E-state index in [0.29, 0.717) is 12.7 Å². The number of hydrogen-bond donors (Lipinski definition) is 0. The maximum absolute atomic E-state index is 12.0. The number of aldehydes is 1. The Kier molecular flexibility index (Phi) is 1.09. The first-order valence-electron chi connectivity index (χ1n) is 2.44. The lowest BCUT2D eigenvalue weighted by Gasteiger charge is -2.24. The summed E-state index contributed by atoms with van der Waals surface area (Å²) < 4.78 is 12.0. The second-order valence-electron chi connectivity index (χ2n) is 1.89. The standard InChI is InChI=1S/C5H7FO/c6-5-2-1-4(5)3-7/h3-5H,1-2H2. The Bertz CT molecular complexity index is 82.1. The molecule has 0 amide bonds. The van der Waals surface area contributed by atoms with Crippen molar-refractivity contribution in [3.8, 4) is 0 Å². The Balaban J connectivity index is 2.28. The Hall–Kier alpha value is -0.400. The van der Waals surface area contributed by atoms with Crippen LogP contribution in [0.3, 0.4) is 0 Å². The van der Waals surface area contributed by atoms with Crippen molar-refractivity contribution >= 4 is 6.29 Å². The summed E-state index contributed by atoms with van der Waals surface area (Å²) >= 11 is 0. The second-order valence-corrected chi connectivity index (χ2v) is 1.89. The highest BCUT2D eigenvalue weighted by Gasteiger charge is 2.29. The van der Waals surface area contributed by atoms with E-state index in [0.717, 1.165) is 6.42 Å². The first-order chi connectivity index (χ1) is 3.34. The minimum atomic E-state index is -0.822. The van der Waals surface area contributed by atoms with E-state index in [1.54, 1.807) is 0 Å². The highest BCUT2D eigenvalue weighted by molar-refractivity contribution is 5.55. The van der Waals surface area contributed by atoms with E-state index in [9.17, 15) is 9.18 Å². The van der Waals surface area contributed by atoms with Crippen molar-refractivity contribution < 1.29 is 9.18 Å². The lowest BCUT2D eigenvalue weighted by Crippen LogP contribution is -2.27. The number of carbonyl (C=O) groups is 1. The van der Waals surface area contributed by atoms with Crippen LogP contribution in [0.5, 0.6) is 0 Å². The average molecular weight is 102 g/mol. The summed E-state index contributed by atoms with van der Waals surface area (Å²) in [6.45, 7) is 0. The molecule has 2 heteroatoms. The minimum absolute atomic E-state index is 0.264. The van der Waals surface area contributed by atoms with Crippen molar-refractivity contribution in [1.29, 1.82) is 0 Å². The van der Waals surface area contributed by atoms with Gasteiger partial charge < -0.3 is 4.79 Å². The molecule has 0 radical (unpaired) electrons. The van der Waals surface area contributed by atoms with Gasteiger partial charge >= 0.3 is 0 Å². The van der Waals surface area contributed by atoms with Crippen LogP contribution in [-0.4, -0.2) is 12.5 Å². The Morgan fingerprint density at radius 3 is 2.29 bits per heavy atom. The number of rotatable bonds is 1. The van der Waals surface area contributed by atoms with E-state index in [4.69, 9.17) is 0 Å². The first kappa shape index (κ1) is 4.75. The summed E-state index contributed by atoms with van der Waals surface area (Å²) in [4.78, 5) is 9.76. The molecule has 1 rings (SSSR count). The maximum atomic E-state index is 12.0. The Morgan fingerprint density at radius 2 is 2.29 bits per heavy atom. The molecule has 1 aliphatic rings. The molecule has 0 aromatic rings. The summed E-state index contributed by atoms with van der Waals surface area (Å²) in [5, 5.41) is 0. The summed E-state index contributed by atoms with van der Waals surface area (Å²) in [5.41, 5.74) is 0. The molecule has 1 fully saturated rings. The van der Waals surface area contributed by atoms with Gasteiger partial charge in [0, 0.05) is 5.92 Å². The Morgan fingerprint density at radius 1 is 1.57 bits per heavy atom. The monoisotopic (exact) mass is 102 g/mol. The van der Waals surface area contributed by atoms with E-state index in [1.165, 1.54) is 0 Å². The molecule has 1 aliphatic carbocycles. The van der Waals surface area contributed by atoms with Crippen molar-refractivity contribution in [2.24, 2.45) is 5.92 Å². The third kappa shape index (κ3) is 0.646. The molecule has 1 nitrogen and oxygen atoms in total. The molecule has 7 heavy (non-hydrogen) atoms. The number of carbonyl (C=O) groups excluding carboxylic acids is 1. The molecule has 40 valence electrons. The fourth-order valence-corrected chi connectivity index (χ4v) is 0.638. The molecule has 0 aromatic carbocycles. The van der Waals surface area contributed by atoms with Gasteiger partial charge in [-0.15, -0.1) is 0 Å². The van der Waals surface area contributed by atoms with Gasteiger partial charge in [0.1, 0.15) is 12.5 Å². The summed E-state index contributed by atoms with van der Waals surface area (Å²) in [6.07, 6.45) is 1.22. The highest BCUT2D eigenvalue weighted by Crippen LogP contribution is 2.27. The van der Waals surface area contributed by atoms with Crippen molar-refractivity contribution in [2.75, 3.05) is 0 Å². The molecular formula is C5H7FO. The molecule has 1 saturated carbocycles. The molecule has 2 unspecified atom stereocenters. The SMILES string of the molecule is O=CC1CCC1F. The first-order valence-corrected chi connectivity index (χ1v) is 2.44. The molecule has 0 spiro atoms. The third-order valence-electron chi connectivity index (χ3n) is 1.42. The van der Waals surface area contributed by atoms with E-state index in [-0.39, 0.29) is 5.92 Å². The summed E-state index contributed by atoms with van der Waals surface area (Å²) in [7, 11) is 0. The van der Waals surface area contributed by atoms with Gasteiger partial charge in [-0.05, 0) is 12.8 Å². The minimum Gasteiger partial charge on any atom is -0.303 e. The van der Waals surface area contributed by atoms with Gasteiger partial charge in [0.15, 0.2) is 0 Å². The van der Waals surface area contributed by atoms with Crippen molar-refractivity contribution in [1.82, 2.24) is 0 Å². The molecule has 0 aromatic heterocycles. The molecule has 0 heterocycles. The summed E-state index contributed by atoms with van der Waals surface area (Å²) in [6, 6.07) is 0. The smallest absolute Gasteiger partial charge is 0.125 e. The van der Waals surface area contributed by atoms with E-state index in [2.05, 4.69) is 0 Å². The zero-order valence-electron chi connectivity index (χ0n) is 3.93. The van der Waals surface area contributed by atoms with E-state index < -0.39 is 6.17 Å². The zero-order chi connectivity index (χ0) is 5.28. The van der Waals surface area contributed by atoms with Crippen molar-refractivity contribution in [2.45, 2.75) is 19.0 Å². The van der Waals surface area contributed by atoms with Gasteiger partial charge in [-0.3, -0.25) is 0 Å². The van der Waals surface area contributed by atoms with Crippen molar-refractivity contribution in [3.63, 3.8) is 0 Å². The predicted molar refractivity (Wildman–Crippen MR) is 23.7 cm³/mol. The van der Waals surface area contributed by atoms with Gasteiger partial charge in [0.2, 0.25) is 0 Å². The topological polar surface area (TPSA) is 17.1 Å². The normalized spacial score (nSPS) is 39.6. The largest absolute Gasteiger partial charge is 0.303 e. The lowest BCUT2D eigenvalue weighted by atomic mass is 9.85.